The van der Waals surface area contributed by atoms with Gasteiger partial charge >= 0.3 is 0 Å². The van der Waals surface area contributed by atoms with Crippen molar-refractivity contribution in [1.82, 2.24) is 5.01 Å². The molecule has 8 nitrogen and oxygen atoms in total. The maximum absolute atomic E-state index is 14.2. The van der Waals surface area contributed by atoms with E-state index in [1.807, 2.05) is 48.5 Å². The van der Waals surface area contributed by atoms with Gasteiger partial charge in [-0.15, -0.1) is 0 Å². The molecule has 6 rings (SSSR count). The third kappa shape index (κ3) is 6.45. The van der Waals surface area contributed by atoms with Crippen molar-refractivity contribution >= 4 is 45.0 Å². The van der Waals surface area contributed by atoms with E-state index >= 15 is 0 Å². The number of halogens is 1. The fourth-order valence-electron chi connectivity index (χ4n) is 5.86. The van der Waals surface area contributed by atoms with Gasteiger partial charge < -0.3 is 9.47 Å². The highest BCUT2D eigenvalue weighted by atomic mass is 35.5. The first kappa shape index (κ1) is 30.4. The average molecular weight is 642 g/mol. The van der Waals surface area contributed by atoms with Crippen molar-refractivity contribution in [3.63, 3.8) is 0 Å². The van der Waals surface area contributed by atoms with Crippen LogP contribution in [-0.4, -0.2) is 39.3 Å². The minimum Gasteiger partial charge on any atom is -0.497 e. The summed E-state index contributed by atoms with van der Waals surface area (Å²) in [6.45, 7) is 0. The van der Waals surface area contributed by atoms with Gasteiger partial charge in [-0.05, 0) is 109 Å². The van der Waals surface area contributed by atoms with Crippen LogP contribution < -0.4 is 14.2 Å². The molecule has 4 aromatic rings. The summed E-state index contributed by atoms with van der Waals surface area (Å²) >= 11 is 5.95. The Bertz CT molecular complexity index is 1870. The SMILES string of the molecule is COc1ccc(/C=C2\CCC[C@@H]3C2=NN(C(=O)c2cccc(S(=O)(=O)Nc4ccc(Cl)cc4)c2)[C@@H]3c2ccc(OC)cc2)cc1. The minimum absolute atomic E-state index is 0.0286. The van der Waals surface area contributed by atoms with Crippen molar-refractivity contribution in [1.29, 1.82) is 0 Å². The number of nitrogens with zero attached hydrogens (tertiary/aromatic N) is 2. The van der Waals surface area contributed by atoms with E-state index in [4.69, 9.17) is 26.2 Å². The molecule has 0 bridgehead atoms. The summed E-state index contributed by atoms with van der Waals surface area (Å²) < 4.78 is 39.8. The third-order valence-electron chi connectivity index (χ3n) is 8.11. The smallest absolute Gasteiger partial charge is 0.274 e. The molecule has 1 fully saturated rings. The lowest BCUT2D eigenvalue weighted by atomic mass is 9.77. The normalized spacial score (nSPS) is 18.7. The number of hydrogen-bond acceptors (Lipinski definition) is 6. The molecule has 1 heterocycles. The number of rotatable bonds is 8. The zero-order valence-corrected chi connectivity index (χ0v) is 26.4. The monoisotopic (exact) mass is 641 g/mol. The second-order valence-corrected chi connectivity index (χ2v) is 13.1. The van der Waals surface area contributed by atoms with Gasteiger partial charge in [0.2, 0.25) is 0 Å². The summed E-state index contributed by atoms with van der Waals surface area (Å²) in [6.07, 6.45) is 4.77. The van der Waals surface area contributed by atoms with Gasteiger partial charge in [-0.1, -0.05) is 41.9 Å². The van der Waals surface area contributed by atoms with Gasteiger partial charge in [0.05, 0.1) is 30.9 Å². The Hall–Kier alpha value is -4.60. The molecule has 1 aliphatic heterocycles. The van der Waals surface area contributed by atoms with Gasteiger partial charge in [-0.2, -0.15) is 5.10 Å². The van der Waals surface area contributed by atoms with Gasteiger partial charge in [-0.25, -0.2) is 13.4 Å². The van der Waals surface area contributed by atoms with Crippen LogP contribution in [0.3, 0.4) is 0 Å². The molecule has 1 aliphatic carbocycles. The number of hydrazone groups is 1. The summed E-state index contributed by atoms with van der Waals surface area (Å²) in [4.78, 5) is 14.2. The molecule has 2 atom stereocenters. The number of allylic oxidation sites excluding steroid dienone is 1. The number of sulfonamides is 1. The molecule has 0 saturated heterocycles. The third-order valence-corrected chi connectivity index (χ3v) is 9.74. The molecule has 230 valence electrons. The number of carbonyl (C=O) groups excluding carboxylic acids is 1. The van der Waals surface area contributed by atoms with Crippen LogP contribution in [-0.2, 0) is 10.0 Å². The van der Waals surface area contributed by atoms with Crippen molar-refractivity contribution in [3.05, 3.63) is 124 Å². The number of carbonyl (C=O) groups is 1. The lowest BCUT2D eigenvalue weighted by molar-refractivity contribution is 0.0680. The number of amides is 1. The highest BCUT2D eigenvalue weighted by Crippen LogP contribution is 2.45. The van der Waals surface area contributed by atoms with Crippen LogP contribution in [0.5, 0.6) is 11.5 Å². The number of fused-ring (bicyclic) bond motifs is 1. The Morgan fingerprint density at radius 1 is 0.933 bits per heavy atom. The first-order valence-corrected chi connectivity index (χ1v) is 16.4. The van der Waals surface area contributed by atoms with Gasteiger partial charge in [0.15, 0.2) is 0 Å². The van der Waals surface area contributed by atoms with Crippen LogP contribution in [0.25, 0.3) is 6.08 Å². The average Bonchev–Trinajstić information content (AvgIpc) is 3.46. The van der Waals surface area contributed by atoms with Crippen LogP contribution in [0, 0.1) is 5.92 Å². The molecular formula is C35H32ClN3O5S. The van der Waals surface area contributed by atoms with Gasteiger partial charge in [0, 0.05) is 22.2 Å². The Morgan fingerprint density at radius 2 is 1.60 bits per heavy atom. The largest absolute Gasteiger partial charge is 0.497 e. The zero-order valence-electron chi connectivity index (χ0n) is 24.8. The fourth-order valence-corrected chi connectivity index (χ4v) is 7.09. The van der Waals surface area contributed by atoms with Crippen LogP contribution in [0.15, 0.2) is 113 Å². The Balaban J connectivity index is 1.36. The summed E-state index contributed by atoms with van der Waals surface area (Å²) in [7, 11) is -0.730. The van der Waals surface area contributed by atoms with Crippen LogP contribution >= 0.6 is 11.6 Å². The first-order valence-electron chi connectivity index (χ1n) is 14.6. The second-order valence-electron chi connectivity index (χ2n) is 10.9. The van der Waals surface area contributed by atoms with E-state index in [2.05, 4.69) is 10.8 Å². The molecular weight excluding hydrogens is 610 g/mol. The van der Waals surface area contributed by atoms with Crippen LogP contribution in [0.2, 0.25) is 5.02 Å². The first-order chi connectivity index (χ1) is 21.8. The quantitative estimate of drug-likeness (QED) is 0.214. The molecule has 4 aromatic carbocycles. The number of anilines is 1. The summed E-state index contributed by atoms with van der Waals surface area (Å²) in [5.74, 6) is 1.08. The van der Waals surface area contributed by atoms with Crippen molar-refractivity contribution in [2.24, 2.45) is 11.0 Å². The molecule has 1 N–H and O–H groups in total. The van der Waals surface area contributed by atoms with E-state index in [0.717, 1.165) is 47.4 Å². The van der Waals surface area contributed by atoms with Crippen molar-refractivity contribution < 1.29 is 22.7 Å². The van der Waals surface area contributed by atoms with E-state index in [1.165, 1.54) is 17.1 Å². The highest BCUT2D eigenvalue weighted by Gasteiger charge is 2.44. The van der Waals surface area contributed by atoms with E-state index < -0.39 is 10.0 Å². The van der Waals surface area contributed by atoms with Crippen molar-refractivity contribution in [3.8, 4) is 11.5 Å². The van der Waals surface area contributed by atoms with E-state index in [-0.39, 0.29) is 28.3 Å². The molecule has 1 amide bonds. The maximum Gasteiger partial charge on any atom is 0.274 e. The van der Waals surface area contributed by atoms with Crippen molar-refractivity contribution in [2.75, 3.05) is 18.9 Å². The zero-order chi connectivity index (χ0) is 31.6. The van der Waals surface area contributed by atoms with Gasteiger partial charge in [-0.3, -0.25) is 9.52 Å². The van der Waals surface area contributed by atoms with Gasteiger partial charge in [0.1, 0.15) is 11.5 Å². The molecule has 45 heavy (non-hydrogen) atoms. The van der Waals surface area contributed by atoms with E-state index in [1.54, 1.807) is 50.6 Å². The summed E-state index contributed by atoms with van der Waals surface area (Å²) in [5.41, 5.74) is 4.48. The highest BCUT2D eigenvalue weighted by molar-refractivity contribution is 7.92. The predicted molar refractivity (Wildman–Crippen MR) is 176 cm³/mol. The molecule has 0 spiro atoms. The lowest BCUT2D eigenvalue weighted by Gasteiger charge is -2.30. The number of hydrogen-bond donors (Lipinski definition) is 1. The topological polar surface area (TPSA) is 97.3 Å². The number of benzene rings is 4. The van der Waals surface area contributed by atoms with Crippen LogP contribution in [0.4, 0.5) is 5.69 Å². The molecule has 2 aliphatic rings. The minimum atomic E-state index is -3.98. The fraction of sp³-hybridized carbons (Fsp3) is 0.200. The number of methoxy groups -OCH3 is 2. The Kier molecular flexibility index (Phi) is 8.65. The Labute approximate surface area is 268 Å². The van der Waals surface area contributed by atoms with Crippen molar-refractivity contribution in [2.45, 2.75) is 30.2 Å². The second kappa shape index (κ2) is 12.8. The van der Waals surface area contributed by atoms with Crippen LogP contribution in [0.1, 0.15) is 46.8 Å². The Morgan fingerprint density at radius 3 is 2.27 bits per heavy atom. The predicted octanol–water partition coefficient (Wildman–Crippen LogP) is 7.59. The molecule has 0 unspecified atom stereocenters. The maximum atomic E-state index is 14.2. The summed E-state index contributed by atoms with van der Waals surface area (Å²) in [6, 6.07) is 27.5. The number of nitrogens with one attached hydrogen (secondary N) is 1. The summed E-state index contributed by atoms with van der Waals surface area (Å²) in [5, 5.41) is 6.98. The lowest BCUT2D eigenvalue weighted by Crippen LogP contribution is -2.32. The van der Waals surface area contributed by atoms with Gasteiger partial charge in [0.25, 0.3) is 15.9 Å². The molecule has 0 radical (unpaired) electrons. The molecule has 10 heteroatoms. The standard InChI is InChI=1S/C35H32ClN3O5S/c1-43-29-17-9-23(10-18-29)21-25-5-4-8-32-33(25)37-39(34(32)24-11-19-30(44-2)20-12-24)35(40)26-6-3-7-31(22-26)45(41,42)38-28-15-13-27(36)14-16-28/h3,6-7,9-22,32,34,38H,4-5,8H2,1-2H3/b25-21+/t32-,34-/m1/s1. The van der Waals surface area contributed by atoms with E-state index in [9.17, 15) is 13.2 Å². The number of ether oxygens (including phenoxy) is 2. The molecule has 1 saturated carbocycles. The molecule has 0 aromatic heterocycles. The van der Waals surface area contributed by atoms with E-state index in [0.29, 0.717) is 16.5 Å².